The van der Waals surface area contributed by atoms with Crippen LogP contribution in [0.4, 0.5) is 0 Å². The van der Waals surface area contributed by atoms with E-state index in [-0.39, 0.29) is 16.4 Å². The van der Waals surface area contributed by atoms with E-state index in [4.69, 9.17) is 33.8 Å². The van der Waals surface area contributed by atoms with Crippen LogP contribution in [0.1, 0.15) is 15.9 Å². The van der Waals surface area contributed by atoms with Crippen molar-refractivity contribution in [1.82, 2.24) is 0 Å². The molecule has 2 aromatic carbocycles. The average Bonchev–Trinajstić information content (AvgIpc) is 2.47. The zero-order chi connectivity index (χ0) is 15.4. The van der Waals surface area contributed by atoms with E-state index in [9.17, 15) is 4.79 Å². The molecule has 2 aromatic rings. The molecule has 0 aliphatic heterocycles. The van der Waals surface area contributed by atoms with E-state index in [1.807, 2.05) is 6.07 Å². The van der Waals surface area contributed by atoms with Crippen LogP contribution in [-0.4, -0.2) is 11.8 Å². The van der Waals surface area contributed by atoms with Crippen molar-refractivity contribution in [3.63, 3.8) is 0 Å². The van der Waals surface area contributed by atoms with Crippen LogP contribution in [0, 0.1) is 0 Å². The van der Waals surface area contributed by atoms with Gasteiger partial charge in [0.2, 0.25) is 0 Å². The molecule has 21 heavy (non-hydrogen) atoms. The Balaban J connectivity index is 2.12. The van der Waals surface area contributed by atoms with E-state index in [0.717, 1.165) is 4.47 Å². The van der Waals surface area contributed by atoms with Gasteiger partial charge >= 0.3 is 5.97 Å². The summed E-state index contributed by atoms with van der Waals surface area (Å²) < 4.78 is 0.842. The van der Waals surface area contributed by atoms with E-state index in [1.54, 1.807) is 18.2 Å². The second-order valence-corrected chi connectivity index (χ2v) is 5.72. The first kappa shape index (κ1) is 15.8. The molecule has 0 fully saturated rings. The number of oxime groups is 1. The van der Waals surface area contributed by atoms with Crippen LogP contribution >= 0.6 is 39.1 Å². The van der Waals surface area contributed by atoms with Crippen molar-refractivity contribution in [3.05, 3.63) is 68.1 Å². The van der Waals surface area contributed by atoms with Gasteiger partial charge in [-0.1, -0.05) is 56.4 Å². The molecular formula is C14H9BrCl2N2O2. The third-order valence-corrected chi connectivity index (χ3v) is 3.73. The predicted octanol–water partition coefficient (Wildman–Crippen LogP) is 4.23. The Labute approximate surface area is 139 Å². The van der Waals surface area contributed by atoms with E-state index in [0.29, 0.717) is 10.6 Å². The lowest BCUT2D eigenvalue weighted by Gasteiger charge is -2.03. The normalized spacial score (nSPS) is 11.3. The predicted molar refractivity (Wildman–Crippen MR) is 86.7 cm³/mol. The van der Waals surface area contributed by atoms with E-state index < -0.39 is 5.97 Å². The zero-order valence-electron chi connectivity index (χ0n) is 10.5. The summed E-state index contributed by atoms with van der Waals surface area (Å²) in [6, 6.07) is 11.5. The SMILES string of the molecule is NC(=NOC(=O)c1ccc(Cl)c(Cl)c1)c1cccc(Br)c1. The van der Waals surface area contributed by atoms with Crippen LogP contribution in [0.3, 0.4) is 0 Å². The third kappa shape index (κ3) is 4.20. The molecule has 0 saturated carbocycles. The number of benzene rings is 2. The quantitative estimate of drug-likeness (QED) is 0.371. The van der Waals surface area contributed by atoms with Gasteiger partial charge in [0.05, 0.1) is 15.6 Å². The van der Waals surface area contributed by atoms with E-state index in [2.05, 4.69) is 21.1 Å². The summed E-state index contributed by atoms with van der Waals surface area (Å²) in [4.78, 5) is 16.6. The summed E-state index contributed by atoms with van der Waals surface area (Å²) >= 11 is 14.9. The minimum atomic E-state index is -0.675. The third-order valence-electron chi connectivity index (χ3n) is 2.50. The number of rotatable bonds is 3. The van der Waals surface area contributed by atoms with Crippen LogP contribution in [0.5, 0.6) is 0 Å². The molecule has 0 aliphatic rings. The van der Waals surface area contributed by atoms with Crippen molar-refractivity contribution in [1.29, 1.82) is 0 Å². The lowest BCUT2D eigenvalue weighted by atomic mass is 10.2. The van der Waals surface area contributed by atoms with E-state index in [1.165, 1.54) is 18.2 Å². The number of amidine groups is 1. The van der Waals surface area contributed by atoms with Crippen molar-refractivity contribution >= 4 is 50.9 Å². The molecule has 2 N–H and O–H groups in total. The maximum atomic E-state index is 11.8. The van der Waals surface area contributed by atoms with Crippen molar-refractivity contribution in [2.75, 3.05) is 0 Å². The number of hydrogen-bond acceptors (Lipinski definition) is 3. The number of nitrogens with zero attached hydrogens (tertiary/aromatic N) is 1. The number of hydrogen-bond donors (Lipinski definition) is 1. The van der Waals surface area contributed by atoms with E-state index >= 15 is 0 Å². The summed E-state index contributed by atoms with van der Waals surface area (Å²) in [5, 5.41) is 4.22. The summed E-state index contributed by atoms with van der Waals surface area (Å²) in [6.45, 7) is 0. The number of halogens is 3. The smallest absolute Gasteiger partial charge is 0.365 e. The molecule has 0 amide bonds. The minimum Gasteiger partial charge on any atom is -0.380 e. The van der Waals surface area contributed by atoms with Crippen molar-refractivity contribution in [2.45, 2.75) is 0 Å². The standard InChI is InChI=1S/C14H9BrCl2N2O2/c15-10-3-1-2-8(6-10)13(18)19-21-14(20)9-4-5-11(16)12(17)7-9/h1-7H,(H2,18,19). The van der Waals surface area contributed by atoms with Gasteiger partial charge in [-0.05, 0) is 30.3 Å². The van der Waals surface area contributed by atoms with Crippen molar-refractivity contribution < 1.29 is 9.63 Å². The monoisotopic (exact) mass is 386 g/mol. The van der Waals surface area contributed by atoms with Gasteiger partial charge < -0.3 is 10.6 Å². The van der Waals surface area contributed by atoms with Gasteiger partial charge in [-0.15, -0.1) is 0 Å². The first-order chi connectivity index (χ1) is 9.97. The van der Waals surface area contributed by atoms with Crippen molar-refractivity contribution in [2.24, 2.45) is 10.9 Å². The maximum absolute atomic E-state index is 11.8. The molecule has 4 nitrogen and oxygen atoms in total. The topological polar surface area (TPSA) is 64.7 Å². The lowest BCUT2D eigenvalue weighted by molar-refractivity contribution is 0.0516. The first-order valence-electron chi connectivity index (χ1n) is 5.73. The molecule has 0 radical (unpaired) electrons. The Morgan fingerprint density at radius 1 is 1.10 bits per heavy atom. The number of carbonyl (C=O) groups is 1. The van der Waals surface area contributed by atoms with Crippen LogP contribution < -0.4 is 5.73 Å². The number of nitrogens with two attached hydrogens (primary N) is 1. The van der Waals surface area contributed by atoms with Gasteiger partial charge in [-0.3, -0.25) is 0 Å². The minimum absolute atomic E-state index is 0.0877. The maximum Gasteiger partial charge on any atom is 0.365 e. The van der Waals surface area contributed by atoms with Crippen LogP contribution in [0.2, 0.25) is 10.0 Å². The first-order valence-corrected chi connectivity index (χ1v) is 7.28. The summed E-state index contributed by atoms with van der Waals surface area (Å²) in [6.07, 6.45) is 0. The highest BCUT2D eigenvalue weighted by atomic mass is 79.9. The Bertz CT molecular complexity index is 720. The van der Waals surface area contributed by atoms with Gasteiger partial charge in [-0.2, -0.15) is 0 Å². The van der Waals surface area contributed by atoms with Gasteiger partial charge in [0.25, 0.3) is 0 Å². The molecule has 0 saturated heterocycles. The molecule has 0 aliphatic carbocycles. The molecule has 0 atom stereocenters. The second-order valence-electron chi connectivity index (χ2n) is 3.99. The Hall–Kier alpha value is -1.56. The molecule has 0 spiro atoms. The molecule has 7 heteroatoms. The van der Waals surface area contributed by atoms with Crippen LogP contribution in [0.15, 0.2) is 52.1 Å². The Kier molecular flexibility index (Phi) is 5.22. The largest absolute Gasteiger partial charge is 0.380 e. The Morgan fingerprint density at radius 2 is 1.86 bits per heavy atom. The van der Waals surface area contributed by atoms with Gasteiger partial charge in [0.1, 0.15) is 0 Å². The van der Waals surface area contributed by atoms with Gasteiger partial charge in [0.15, 0.2) is 5.84 Å². The molecule has 0 unspecified atom stereocenters. The average molecular weight is 388 g/mol. The fourth-order valence-corrected chi connectivity index (χ4v) is 2.16. The Morgan fingerprint density at radius 3 is 2.52 bits per heavy atom. The summed E-state index contributed by atoms with van der Waals surface area (Å²) in [5.41, 5.74) is 6.61. The molecular weight excluding hydrogens is 379 g/mol. The molecule has 0 bridgehead atoms. The summed E-state index contributed by atoms with van der Waals surface area (Å²) in [7, 11) is 0. The highest BCUT2D eigenvalue weighted by Gasteiger charge is 2.10. The number of carbonyl (C=O) groups excluding carboxylic acids is 1. The lowest BCUT2D eigenvalue weighted by Crippen LogP contribution is -2.15. The fraction of sp³-hybridized carbons (Fsp3) is 0. The fourth-order valence-electron chi connectivity index (χ4n) is 1.47. The molecule has 0 heterocycles. The molecule has 108 valence electrons. The van der Waals surface area contributed by atoms with Crippen LogP contribution in [0.25, 0.3) is 0 Å². The highest BCUT2D eigenvalue weighted by Crippen LogP contribution is 2.23. The highest BCUT2D eigenvalue weighted by molar-refractivity contribution is 9.10. The second kappa shape index (κ2) is 6.93. The van der Waals surface area contributed by atoms with Crippen molar-refractivity contribution in [3.8, 4) is 0 Å². The van der Waals surface area contributed by atoms with Gasteiger partial charge in [-0.25, -0.2) is 4.79 Å². The summed E-state index contributed by atoms with van der Waals surface area (Å²) in [5.74, 6) is -0.587. The zero-order valence-corrected chi connectivity index (χ0v) is 13.6. The molecule has 0 aromatic heterocycles. The molecule has 2 rings (SSSR count). The van der Waals surface area contributed by atoms with Gasteiger partial charge in [0, 0.05) is 10.0 Å². The van der Waals surface area contributed by atoms with Crippen LogP contribution in [-0.2, 0) is 4.84 Å².